The SMILES string of the molecule is Cc1cccc(CN/C=C(/C#N)C(=O)Nc2ccc(Cl)cc2)c1. The maximum absolute atomic E-state index is 12.1. The molecule has 0 radical (unpaired) electrons. The number of amides is 1. The van der Waals surface area contributed by atoms with E-state index in [1.54, 1.807) is 24.3 Å². The summed E-state index contributed by atoms with van der Waals surface area (Å²) in [5, 5.41) is 15.3. The first kappa shape index (κ1) is 16.6. The highest BCUT2D eigenvalue weighted by Crippen LogP contribution is 2.14. The molecule has 0 aliphatic carbocycles. The van der Waals surface area contributed by atoms with Crippen LogP contribution in [0.5, 0.6) is 0 Å². The molecule has 0 saturated heterocycles. The summed E-state index contributed by atoms with van der Waals surface area (Å²) in [7, 11) is 0. The Balaban J connectivity index is 1.96. The minimum absolute atomic E-state index is 0.00704. The predicted molar refractivity (Wildman–Crippen MR) is 91.8 cm³/mol. The maximum Gasteiger partial charge on any atom is 0.267 e. The van der Waals surface area contributed by atoms with Crippen molar-refractivity contribution in [1.29, 1.82) is 5.26 Å². The summed E-state index contributed by atoms with van der Waals surface area (Å²) in [4.78, 5) is 12.1. The van der Waals surface area contributed by atoms with Gasteiger partial charge in [-0.25, -0.2) is 0 Å². The first-order chi connectivity index (χ1) is 11.1. The summed E-state index contributed by atoms with van der Waals surface area (Å²) in [6.07, 6.45) is 1.42. The zero-order chi connectivity index (χ0) is 16.7. The molecule has 0 aliphatic heterocycles. The number of anilines is 1. The van der Waals surface area contributed by atoms with Crippen LogP contribution < -0.4 is 10.6 Å². The third-order valence-corrected chi connectivity index (χ3v) is 3.35. The quantitative estimate of drug-likeness (QED) is 0.649. The van der Waals surface area contributed by atoms with E-state index in [1.165, 1.54) is 6.20 Å². The summed E-state index contributed by atoms with van der Waals surface area (Å²) in [5.74, 6) is -0.466. The predicted octanol–water partition coefficient (Wildman–Crippen LogP) is 3.78. The standard InChI is InChI=1S/C18H16ClN3O/c1-13-3-2-4-14(9-13)11-21-12-15(10-20)18(23)22-17-7-5-16(19)6-8-17/h2-9,12,21H,11H2,1H3,(H,22,23)/b15-12-. The van der Waals surface area contributed by atoms with Gasteiger partial charge >= 0.3 is 0 Å². The molecule has 2 rings (SSSR count). The van der Waals surface area contributed by atoms with E-state index in [2.05, 4.69) is 10.6 Å². The molecule has 0 spiro atoms. The largest absolute Gasteiger partial charge is 0.386 e. The van der Waals surface area contributed by atoms with Gasteiger partial charge in [-0.3, -0.25) is 4.79 Å². The molecule has 0 aliphatic rings. The van der Waals surface area contributed by atoms with Crippen molar-refractivity contribution in [3.8, 4) is 6.07 Å². The van der Waals surface area contributed by atoms with Gasteiger partial charge in [-0.2, -0.15) is 5.26 Å². The number of nitrogens with zero attached hydrogens (tertiary/aromatic N) is 1. The molecule has 4 nitrogen and oxygen atoms in total. The molecule has 1 amide bonds. The second-order valence-electron chi connectivity index (χ2n) is 5.00. The van der Waals surface area contributed by atoms with E-state index in [9.17, 15) is 4.79 Å². The molecule has 0 fully saturated rings. The number of nitrogens with one attached hydrogen (secondary N) is 2. The Labute approximate surface area is 140 Å². The number of hydrogen-bond acceptors (Lipinski definition) is 3. The topological polar surface area (TPSA) is 64.9 Å². The zero-order valence-corrected chi connectivity index (χ0v) is 13.4. The number of aryl methyl sites for hydroxylation is 1. The number of nitriles is 1. The molecular weight excluding hydrogens is 310 g/mol. The molecule has 0 saturated carbocycles. The van der Waals surface area contributed by atoms with Crippen LogP contribution >= 0.6 is 11.6 Å². The van der Waals surface area contributed by atoms with Crippen molar-refractivity contribution >= 4 is 23.2 Å². The van der Waals surface area contributed by atoms with E-state index in [4.69, 9.17) is 16.9 Å². The van der Waals surface area contributed by atoms with E-state index >= 15 is 0 Å². The molecule has 23 heavy (non-hydrogen) atoms. The van der Waals surface area contributed by atoms with Crippen molar-refractivity contribution in [1.82, 2.24) is 5.32 Å². The Morgan fingerprint density at radius 2 is 2.00 bits per heavy atom. The average Bonchev–Trinajstić information content (AvgIpc) is 2.54. The van der Waals surface area contributed by atoms with Gasteiger partial charge in [-0.15, -0.1) is 0 Å². The number of benzene rings is 2. The van der Waals surface area contributed by atoms with Gasteiger partial charge in [0.1, 0.15) is 11.6 Å². The van der Waals surface area contributed by atoms with Crippen LogP contribution in [-0.2, 0) is 11.3 Å². The number of halogens is 1. The fourth-order valence-corrected chi connectivity index (χ4v) is 2.10. The van der Waals surface area contributed by atoms with Crippen molar-refractivity contribution in [2.75, 3.05) is 5.32 Å². The lowest BCUT2D eigenvalue weighted by Gasteiger charge is -2.06. The molecule has 2 aromatic carbocycles. The molecule has 0 atom stereocenters. The third-order valence-electron chi connectivity index (χ3n) is 3.10. The van der Waals surface area contributed by atoms with E-state index in [0.717, 1.165) is 11.1 Å². The van der Waals surface area contributed by atoms with Gasteiger partial charge in [0.25, 0.3) is 5.91 Å². The molecule has 0 bridgehead atoms. The lowest BCUT2D eigenvalue weighted by atomic mass is 10.1. The Hall–Kier alpha value is -2.77. The van der Waals surface area contributed by atoms with Crippen molar-refractivity contribution in [2.24, 2.45) is 0 Å². The second-order valence-corrected chi connectivity index (χ2v) is 5.44. The van der Waals surface area contributed by atoms with Gasteiger partial charge < -0.3 is 10.6 Å². The minimum atomic E-state index is -0.466. The van der Waals surface area contributed by atoms with Gasteiger partial charge in [0, 0.05) is 23.5 Å². The summed E-state index contributed by atoms with van der Waals surface area (Å²) in [6, 6.07) is 16.6. The van der Waals surface area contributed by atoms with Crippen LogP contribution in [0.25, 0.3) is 0 Å². The van der Waals surface area contributed by atoms with Crippen LogP contribution in [0.2, 0.25) is 5.02 Å². The molecule has 0 heterocycles. The smallest absolute Gasteiger partial charge is 0.267 e. The lowest BCUT2D eigenvalue weighted by Crippen LogP contribution is -2.16. The van der Waals surface area contributed by atoms with E-state index in [-0.39, 0.29) is 5.57 Å². The highest BCUT2D eigenvalue weighted by molar-refractivity contribution is 6.30. The summed E-state index contributed by atoms with van der Waals surface area (Å²) in [6.45, 7) is 2.56. The van der Waals surface area contributed by atoms with Gasteiger partial charge in [0.05, 0.1) is 0 Å². The first-order valence-electron chi connectivity index (χ1n) is 7.04. The molecule has 0 aromatic heterocycles. The average molecular weight is 326 g/mol. The highest BCUT2D eigenvalue weighted by atomic mass is 35.5. The number of carbonyl (C=O) groups excluding carboxylic acids is 1. The van der Waals surface area contributed by atoms with Gasteiger partial charge in [0.2, 0.25) is 0 Å². The van der Waals surface area contributed by atoms with Crippen LogP contribution in [0.4, 0.5) is 5.69 Å². The van der Waals surface area contributed by atoms with Crippen LogP contribution in [0.1, 0.15) is 11.1 Å². The minimum Gasteiger partial charge on any atom is -0.386 e. The van der Waals surface area contributed by atoms with Gasteiger partial charge in [-0.1, -0.05) is 41.4 Å². The number of rotatable bonds is 5. The maximum atomic E-state index is 12.1. The first-order valence-corrected chi connectivity index (χ1v) is 7.42. The molecule has 116 valence electrons. The summed E-state index contributed by atoms with van der Waals surface area (Å²) in [5.41, 5.74) is 2.83. The summed E-state index contributed by atoms with van der Waals surface area (Å²) < 4.78 is 0. The van der Waals surface area contributed by atoms with Crippen molar-refractivity contribution < 1.29 is 4.79 Å². The highest BCUT2D eigenvalue weighted by Gasteiger charge is 2.09. The van der Waals surface area contributed by atoms with Crippen molar-refractivity contribution in [2.45, 2.75) is 13.5 Å². The fourth-order valence-electron chi connectivity index (χ4n) is 1.97. The second kappa shape index (κ2) is 8.02. The Morgan fingerprint density at radius 3 is 2.65 bits per heavy atom. The van der Waals surface area contributed by atoms with Crippen molar-refractivity contribution in [3.05, 3.63) is 76.5 Å². The monoisotopic (exact) mass is 325 g/mol. The molecule has 2 N–H and O–H groups in total. The zero-order valence-electron chi connectivity index (χ0n) is 12.6. The Bertz CT molecular complexity index is 761. The fraction of sp³-hybridized carbons (Fsp3) is 0.111. The molecule has 5 heteroatoms. The third kappa shape index (κ3) is 5.17. The molecule has 0 unspecified atom stereocenters. The Morgan fingerprint density at radius 1 is 1.26 bits per heavy atom. The molecular formula is C18H16ClN3O. The van der Waals surface area contributed by atoms with Gasteiger partial charge in [0.15, 0.2) is 0 Å². The number of hydrogen-bond donors (Lipinski definition) is 2. The van der Waals surface area contributed by atoms with E-state index in [1.807, 2.05) is 37.3 Å². The normalized spacial score (nSPS) is 10.7. The van der Waals surface area contributed by atoms with Crippen LogP contribution in [0, 0.1) is 18.3 Å². The van der Waals surface area contributed by atoms with Crippen LogP contribution in [0.3, 0.4) is 0 Å². The van der Waals surface area contributed by atoms with Gasteiger partial charge in [-0.05, 0) is 36.8 Å². The van der Waals surface area contributed by atoms with Crippen LogP contribution in [0.15, 0.2) is 60.3 Å². The van der Waals surface area contributed by atoms with E-state index < -0.39 is 5.91 Å². The van der Waals surface area contributed by atoms with E-state index in [0.29, 0.717) is 17.3 Å². The van der Waals surface area contributed by atoms with Crippen LogP contribution in [-0.4, -0.2) is 5.91 Å². The lowest BCUT2D eigenvalue weighted by molar-refractivity contribution is -0.112. The molecule has 2 aromatic rings. The Kier molecular flexibility index (Phi) is 5.79. The van der Waals surface area contributed by atoms with Crippen molar-refractivity contribution in [3.63, 3.8) is 0 Å². The number of carbonyl (C=O) groups is 1. The summed E-state index contributed by atoms with van der Waals surface area (Å²) >= 11 is 5.79.